The molecule has 4 rings (SSSR count). The number of rotatable bonds is 1. The second-order valence-corrected chi connectivity index (χ2v) is 5.32. The lowest BCUT2D eigenvalue weighted by molar-refractivity contribution is 0.671. The molecular weight excluding hydrogens is 244 g/mol. The summed E-state index contributed by atoms with van der Waals surface area (Å²) in [5.74, 6) is 0. The topological polar surface area (TPSA) is 24.9 Å². The molecule has 1 atom stereocenters. The molecule has 1 aromatic heterocycles. The molecule has 1 aliphatic rings. The van der Waals surface area contributed by atoms with Gasteiger partial charge in [0.05, 0.1) is 11.6 Å². The van der Waals surface area contributed by atoms with E-state index in [1.165, 1.54) is 22.2 Å². The zero-order valence-electron chi connectivity index (χ0n) is 11.2. The van der Waals surface area contributed by atoms with Gasteiger partial charge in [0.15, 0.2) is 0 Å². The van der Waals surface area contributed by atoms with E-state index in [0.29, 0.717) is 6.04 Å². The van der Waals surface area contributed by atoms with Crippen LogP contribution in [0.15, 0.2) is 60.8 Å². The summed E-state index contributed by atoms with van der Waals surface area (Å²) in [6.07, 6.45) is 4.12. The Morgan fingerprint density at radius 3 is 2.85 bits per heavy atom. The van der Waals surface area contributed by atoms with E-state index in [4.69, 9.17) is 0 Å². The highest BCUT2D eigenvalue weighted by Crippen LogP contribution is 2.34. The van der Waals surface area contributed by atoms with Gasteiger partial charge in [0.1, 0.15) is 0 Å². The van der Waals surface area contributed by atoms with Gasteiger partial charge in [0.2, 0.25) is 0 Å². The van der Waals surface area contributed by atoms with Crippen molar-refractivity contribution in [3.8, 4) is 0 Å². The fourth-order valence-corrected chi connectivity index (χ4v) is 3.08. The van der Waals surface area contributed by atoms with Crippen molar-refractivity contribution in [2.75, 3.05) is 5.32 Å². The van der Waals surface area contributed by atoms with E-state index in [1.807, 2.05) is 12.3 Å². The second kappa shape index (κ2) is 4.64. The molecule has 1 N–H and O–H groups in total. The van der Waals surface area contributed by atoms with Crippen molar-refractivity contribution in [1.29, 1.82) is 0 Å². The first kappa shape index (κ1) is 11.5. The fourth-order valence-electron chi connectivity index (χ4n) is 3.08. The number of nitrogens with one attached hydrogen (secondary N) is 1. The van der Waals surface area contributed by atoms with Gasteiger partial charge in [-0.25, -0.2) is 0 Å². The molecule has 1 aliphatic heterocycles. The zero-order valence-corrected chi connectivity index (χ0v) is 11.2. The molecule has 2 heteroatoms. The molecule has 0 spiro atoms. The Balaban J connectivity index is 1.78. The summed E-state index contributed by atoms with van der Waals surface area (Å²) in [6.45, 7) is 0. The maximum absolute atomic E-state index is 4.57. The molecule has 3 aromatic rings. The quantitative estimate of drug-likeness (QED) is 0.704. The van der Waals surface area contributed by atoms with E-state index in [0.717, 1.165) is 18.4 Å². The number of fused-ring (bicyclic) bond motifs is 2. The van der Waals surface area contributed by atoms with Gasteiger partial charge in [0.25, 0.3) is 0 Å². The molecule has 0 saturated carbocycles. The predicted molar refractivity (Wildman–Crippen MR) is 82.9 cm³/mol. The van der Waals surface area contributed by atoms with Crippen molar-refractivity contribution in [3.05, 3.63) is 71.9 Å². The Morgan fingerprint density at radius 2 is 1.85 bits per heavy atom. The van der Waals surface area contributed by atoms with E-state index in [-0.39, 0.29) is 0 Å². The largest absolute Gasteiger partial charge is 0.378 e. The van der Waals surface area contributed by atoms with Crippen molar-refractivity contribution in [1.82, 2.24) is 4.98 Å². The summed E-state index contributed by atoms with van der Waals surface area (Å²) in [4.78, 5) is 4.57. The van der Waals surface area contributed by atoms with E-state index in [1.54, 1.807) is 0 Å². The summed E-state index contributed by atoms with van der Waals surface area (Å²) in [5.41, 5.74) is 5.10. The first-order valence-electron chi connectivity index (χ1n) is 7.10. The third-order valence-corrected chi connectivity index (χ3v) is 4.09. The SMILES string of the molecule is c1ccc2c(c1)CCC(c1cccc3cccnc13)N2. The van der Waals surface area contributed by atoms with Gasteiger partial charge < -0.3 is 5.32 Å². The Hall–Kier alpha value is -2.35. The van der Waals surface area contributed by atoms with Crippen LogP contribution in [-0.2, 0) is 6.42 Å². The smallest absolute Gasteiger partial charge is 0.0754 e. The van der Waals surface area contributed by atoms with Crippen LogP contribution in [0, 0.1) is 0 Å². The van der Waals surface area contributed by atoms with Gasteiger partial charge in [-0.2, -0.15) is 0 Å². The average molecular weight is 260 g/mol. The average Bonchev–Trinajstić information content (AvgIpc) is 2.54. The maximum Gasteiger partial charge on any atom is 0.0754 e. The number of hydrogen-bond acceptors (Lipinski definition) is 2. The van der Waals surface area contributed by atoms with Crippen molar-refractivity contribution in [3.63, 3.8) is 0 Å². The lowest BCUT2D eigenvalue weighted by atomic mass is 9.92. The lowest BCUT2D eigenvalue weighted by Crippen LogP contribution is -2.18. The van der Waals surface area contributed by atoms with Crippen molar-refractivity contribution in [2.45, 2.75) is 18.9 Å². The molecule has 20 heavy (non-hydrogen) atoms. The molecule has 0 aliphatic carbocycles. The highest BCUT2D eigenvalue weighted by Gasteiger charge is 2.20. The van der Waals surface area contributed by atoms with Gasteiger partial charge in [-0.1, -0.05) is 42.5 Å². The molecule has 2 heterocycles. The number of nitrogens with zero attached hydrogens (tertiary/aromatic N) is 1. The molecular formula is C18H16N2. The highest BCUT2D eigenvalue weighted by atomic mass is 14.9. The molecule has 0 radical (unpaired) electrons. The molecule has 0 fully saturated rings. The predicted octanol–water partition coefficient (Wildman–Crippen LogP) is 4.33. The monoisotopic (exact) mass is 260 g/mol. The van der Waals surface area contributed by atoms with Crippen LogP contribution in [0.1, 0.15) is 23.6 Å². The molecule has 0 bridgehead atoms. The van der Waals surface area contributed by atoms with E-state index < -0.39 is 0 Å². The minimum absolute atomic E-state index is 0.350. The molecule has 0 amide bonds. The van der Waals surface area contributed by atoms with E-state index in [2.05, 4.69) is 58.8 Å². The number of hydrogen-bond donors (Lipinski definition) is 1. The summed E-state index contributed by atoms with van der Waals surface area (Å²) >= 11 is 0. The first-order valence-corrected chi connectivity index (χ1v) is 7.10. The van der Waals surface area contributed by atoms with Gasteiger partial charge >= 0.3 is 0 Å². The Kier molecular flexibility index (Phi) is 2.66. The van der Waals surface area contributed by atoms with Crippen LogP contribution >= 0.6 is 0 Å². The minimum atomic E-state index is 0.350. The van der Waals surface area contributed by atoms with Crippen LogP contribution in [0.4, 0.5) is 5.69 Å². The van der Waals surface area contributed by atoms with Crippen molar-refractivity contribution < 1.29 is 0 Å². The van der Waals surface area contributed by atoms with Crippen molar-refractivity contribution >= 4 is 16.6 Å². The minimum Gasteiger partial charge on any atom is -0.378 e. The normalized spacial score (nSPS) is 17.5. The molecule has 0 saturated heterocycles. The summed E-state index contributed by atoms with van der Waals surface area (Å²) in [7, 11) is 0. The van der Waals surface area contributed by atoms with Crippen LogP contribution in [0.5, 0.6) is 0 Å². The van der Waals surface area contributed by atoms with Crippen LogP contribution < -0.4 is 5.32 Å². The van der Waals surface area contributed by atoms with Crippen molar-refractivity contribution in [2.24, 2.45) is 0 Å². The highest BCUT2D eigenvalue weighted by molar-refractivity contribution is 5.82. The number of para-hydroxylation sites is 2. The van der Waals surface area contributed by atoms with E-state index in [9.17, 15) is 0 Å². The van der Waals surface area contributed by atoms with E-state index >= 15 is 0 Å². The van der Waals surface area contributed by atoms with Crippen LogP contribution in [0.25, 0.3) is 10.9 Å². The number of pyridine rings is 1. The molecule has 1 unspecified atom stereocenters. The van der Waals surface area contributed by atoms with Crippen LogP contribution in [0.3, 0.4) is 0 Å². The number of aromatic nitrogens is 1. The maximum atomic E-state index is 4.57. The summed E-state index contributed by atoms with van der Waals surface area (Å²) < 4.78 is 0. The molecule has 2 nitrogen and oxygen atoms in total. The van der Waals surface area contributed by atoms with Crippen LogP contribution in [-0.4, -0.2) is 4.98 Å². The molecule has 2 aromatic carbocycles. The summed E-state index contributed by atoms with van der Waals surface area (Å²) in [6, 6.07) is 19.5. The Labute approximate surface area is 118 Å². The number of aryl methyl sites for hydroxylation is 1. The van der Waals surface area contributed by atoms with Gasteiger partial charge in [0, 0.05) is 22.8 Å². The third kappa shape index (κ3) is 1.85. The Bertz CT molecular complexity index is 759. The zero-order chi connectivity index (χ0) is 13.4. The van der Waals surface area contributed by atoms with Gasteiger partial charge in [-0.15, -0.1) is 0 Å². The third-order valence-electron chi connectivity index (χ3n) is 4.09. The molecule has 98 valence electrons. The Morgan fingerprint density at radius 1 is 0.950 bits per heavy atom. The lowest BCUT2D eigenvalue weighted by Gasteiger charge is -2.27. The number of benzene rings is 2. The van der Waals surface area contributed by atoms with Gasteiger partial charge in [-0.3, -0.25) is 4.98 Å². The fraction of sp³-hybridized carbons (Fsp3) is 0.167. The second-order valence-electron chi connectivity index (χ2n) is 5.32. The van der Waals surface area contributed by atoms with Crippen LogP contribution in [0.2, 0.25) is 0 Å². The van der Waals surface area contributed by atoms with Gasteiger partial charge in [-0.05, 0) is 30.5 Å². The number of anilines is 1. The first-order chi connectivity index (χ1) is 9.92. The standard InChI is InChI=1S/C18H16N2/c1-2-9-16-13(5-1)10-11-17(20-16)15-8-3-6-14-7-4-12-19-18(14)15/h1-9,12,17,20H,10-11H2. The summed E-state index contributed by atoms with van der Waals surface area (Å²) in [5, 5.41) is 4.88.